The largest absolute Gasteiger partial charge is 0.388 e. The number of carbonyl (C=O) groups excluding carboxylic acids is 1. The van der Waals surface area contributed by atoms with E-state index in [1.54, 1.807) is 5.94 Å². The van der Waals surface area contributed by atoms with Crippen molar-refractivity contribution in [3.05, 3.63) is 5.57 Å². The van der Waals surface area contributed by atoms with Crippen LogP contribution in [0, 0.1) is 0 Å². The van der Waals surface area contributed by atoms with E-state index in [-0.39, 0.29) is 0 Å². The Bertz CT molecular complexity index is 133. The second-order valence-electron chi connectivity index (χ2n) is 2.04. The molecule has 0 heterocycles. The molecule has 8 heavy (non-hydrogen) atoms. The van der Waals surface area contributed by atoms with Gasteiger partial charge in [-0.1, -0.05) is 0 Å². The van der Waals surface area contributed by atoms with Gasteiger partial charge in [0.1, 0.15) is 5.94 Å². The predicted octanol–water partition coefficient (Wildman–Crippen LogP) is 0.289. The van der Waals surface area contributed by atoms with Crippen molar-refractivity contribution in [1.82, 2.24) is 0 Å². The zero-order chi connectivity index (χ0) is 5.98. The first-order valence-corrected chi connectivity index (χ1v) is 2.76. The maximum Gasteiger partial charge on any atom is 0.126 e. The lowest BCUT2D eigenvalue weighted by Gasteiger charge is -1.94. The molecule has 0 aromatic rings. The summed E-state index contributed by atoms with van der Waals surface area (Å²) in [5.41, 5.74) is 0.546. The molecule has 0 amide bonds. The van der Waals surface area contributed by atoms with Crippen LogP contribution in [0.5, 0.6) is 0 Å². The number of rotatable bonds is 0. The van der Waals surface area contributed by atoms with Gasteiger partial charge in [-0.05, 0) is 19.3 Å². The third-order valence-corrected chi connectivity index (χ3v) is 1.46. The van der Waals surface area contributed by atoms with E-state index in [1.807, 2.05) is 0 Å². The maximum absolute atomic E-state index is 9.90. The summed E-state index contributed by atoms with van der Waals surface area (Å²) in [5, 5.41) is 8.89. The Labute approximate surface area is 47.8 Å². The van der Waals surface area contributed by atoms with E-state index in [0.717, 1.165) is 19.3 Å². The topological polar surface area (TPSA) is 37.3 Å². The predicted molar refractivity (Wildman–Crippen MR) is 29.1 cm³/mol. The molecule has 1 saturated carbocycles. The molecule has 1 aliphatic rings. The molecule has 0 spiro atoms. The number of hydrogen-bond donors (Lipinski definition) is 1. The number of aliphatic hydroxyl groups is 1. The molecule has 2 heteroatoms. The summed E-state index contributed by atoms with van der Waals surface area (Å²) < 4.78 is 0. The van der Waals surface area contributed by atoms with Crippen LogP contribution in [0.1, 0.15) is 19.3 Å². The van der Waals surface area contributed by atoms with Crippen molar-refractivity contribution in [1.29, 1.82) is 0 Å². The van der Waals surface area contributed by atoms with Crippen LogP contribution in [0.3, 0.4) is 0 Å². The fourth-order valence-electron chi connectivity index (χ4n) is 0.946. The summed E-state index contributed by atoms with van der Waals surface area (Å²) in [4.78, 5) is 9.90. The average molecular weight is 112 g/mol. The van der Waals surface area contributed by atoms with E-state index in [1.165, 1.54) is 0 Å². The van der Waals surface area contributed by atoms with Crippen molar-refractivity contribution >= 4 is 5.94 Å². The van der Waals surface area contributed by atoms with E-state index in [4.69, 9.17) is 5.11 Å². The molecule has 0 radical (unpaired) electrons. The molecule has 0 aliphatic heterocycles. The highest BCUT2D eigenvalue weighted by Crippen LogP contribution is 2.21. The molecule has 0 aromatic heterocycles. The van der Waals surface area contributed by atoms with E-state index < -0.39 is 6.10 Å². The molecule has 1 unspecified atom stereocenters. The van der Waals surface area contributed by atoms with Crippen LogP contribution in [-0.4, -0.2) is 17.2 Å². The summed E-state index contributed by atoms with van der Waals surface area (Å²) in [5.74, 6) is 1.73. The Hall–Kier alpha value is -0.590. The summed E-state index contributed by atoms with van der Waals surface area (Å²) >= 11 is 0. The first-order chi connectivity index (χ1) is 3.84. The lowest BCUT2D eigenvalue weighted by Crippen LogP contribution is -2.00. The Balaban J connectivity index is 2.68. The molecule has 1 aliphatic carbocycles. The highest BCUT2D eigenvalue weighted by atomic mass is 16.3. The minimum Gasteiger partial charge on any atom is -0.388 e. The Morgan fingerprint density at radius 3 is 2.75 bits per heavy atom. The van der Waals surface area contributed by atoms with Crippen molar-refractivity contribution in [3.63, 3.8) is 0 Å². The molecule has 44 valence electrons. The smallest absolute Gasteiger partial charge is 0.126 e. The van der Waals surface area contributed by atoms with E-state index in [2.05, 4.69) is 0 Å². The van der Waals surface area contributed by atoms with Crippen LogP contribution in [0.25, 0.3) is 0 Å². The molecule has 1 N–H and O–H groups in total. The molecule has 1 atom stereocenters. The third-order valence-electron chi connectivity index (χ3n) is 1.46. The monoisotopic (exact) mass is 112 g/mol. The molecule has 0 aromatic carbocycles. The number of aliphatic hydroxyl groups excluding tert-OH is 1. The van der Waals surface area contributed by atoms with E-state index in [9.17, 15) is 4.79 Å². The molecule has 1 rings (SSSR count). The summed E-state index contributed by atoms with van der Waals surface area (Å²) in [7, 11) is 0. The van der Waals surface area contributed by atoms with Crippen LogP contribution in [0.2, 0.25) is 0 Å². The van der Waals surface area contributed by atoms with Crippen molar-refractivity contribution in [2.75, 3.05) is 0 Å². The van der Waals surface area contributed by atoms with Crippen molar-refractivity contribution in [2.24, 2.45) is 0 Å². The van der Waals surface area contributed by atoms with Crippen molar-refractivity contribution in [3.8, 4) is 0 Å². The lowest BCUT2D eigenvalue weighted by molar-refractivity contribution is 0.219. The highest BCUT2D eigenvalue weighted by Gasteiger charge is 2.18. The van der Waals surface area contributed by atoms with Crippen LogP contribution in [-0.2, 0) is 4.79 Å². The second-order valence-corrected chi connectivity index (χ2v) is 2.04. The summed E-state index contributed by atoms with van der Waals surface area (Å²) in [6.07, 6.45) is 1.94. The molecule has 0 saturated heterocycles. The highest BCUT2D eigenvalue weighted by molar-refractivity contribution is 5.54. The van der Waals surface area contributed by atoms with Gasteiger partial charge < -0.3 is 5.11 Å². The maximum atomic E-state index is 9.90. The van der Waals surface area contributed by atoms with Gasteiger partial charge in [0.15, 0.2) is 0 Å². The van der Waals surface area contributed by atoms with Crippen LogP contribution in [0.15, 0.2) is 5.57 Å². The molecule has 2 nitrogen and oxygen atoms in total. The molecular weight excluding hydrogens is 104 g/mol. The second kappa shape index (κ2) is 2.12. The van der Waals surface area contributed by atoms with Gasteiger partial charge in [-0.3, -0.25) is 0 Å². The van der Waals surface area contributed by atoms with Crippen molar-refractivity contribution < 1.29 is 9.90 Å². The van der Waals surface area contributed by atoms with Crippen LogP contribution >= 0.6 is 0 Å². The van der Waals surface area contributed by atoms with Gasteiger partial charge in [0.25, 0.3) is 0 Å². The summed E-state index contributed by atoms with van der Waals surface area (Å²) in [6.45, 7) is 0. The third kappa shape index (κ3) is 0.808. The fraction of sp³-hybridized carbons (Fsp3) is 0.667. The van der Waals surface area contributed by atoms with Crippen molar-refractivity contribution in [2.45, 2.75) is 25.4 Å². The van der Waals surface area contributed by atoms with Gasteiger partial charge in [0.2, 0.25) is 0 Å². The van der Waals surface area contributed by atoms with Gasteiger partial charge >= 0.3 is 0 Å². The van der Waals surface area contributed by atoms with E-state index in [0.29, 0.717) is 5.57 Å². The van der Waals surface area contributed by atoms with Gasteiger partial charge in [0.05, 0.1) is 6.10 Å². The van der Waals surface area contributed by atoms with Gasteiger partial charge in [-0.25, -0.2) is 4.79 Å². The molecule has 1 fully saturated rings. The van der Waals surface area contributed by atoms with Crippen LogP contribution < -0.4 is 0 Å². The van der Waals surface area contributed by atoms with E-state index >= 15 is 0 Å². The minimum absolute atomic E-state index is 0.479. The zero-order valence-corrected chi connectivity index (χ0v) is 4.55. The minimum atomic E-state index is -0.479. The fourth-order valence-corrected chi connectivity index (χ4v) is 0.946. The standard InChI is InChI=1S/C6H8O2/c7-4-5-2-1-3-6(5)8/h6,8H,1-3H2. The lowest BCUT2D eigenvalue weighted by atomic mass is 10.2. The molecule has 0 bridgehead atoms. The summed E-state index contributed by atoms with van der Waals surface area (Å²) in [6, 6.07) is 0. The first-order valence-electron chi connectivity index (χ1n) is 2.76. The number of hydrogen-bond acceptors (Lipinski definition) is 2. The average Bonchev–Trinajstić information content (AvgIpc) is 2.14. The van der Waals surface area contributed by atoms with Gasteiger partial charge in [-0.2, -0.15) is 0 Å². The first kappa shape index (κ1) is 5.54. The quantitative estimate of drug-likeness (QED) is 0.457. The molecular formula is C6H8O2. The van der Waals surface area contributed by atoms with Crippen LogP contribution in [0.4, 0.5) is 0 Å². The SMILES string of the molecule is O=C=C1CCCC1O. The Morgan fingerprint density at radius 1 is 1.75 bits per heavy atom. The Kier molecular flexibility index (Phi) is 1.47. The zero-order valence-electron chi connectivity index (χ0n) is 4.55. The van der Waals surface area contributed by atoms with Gasteiger partial charge in [-0.15, -0.1) is 0 Å². The Morgan fingerprint density at radius 2 is 2.50 bits per heavy atom. The van der Waals surface area contributed by atoms with Gasteiger partial charge in [0, 0.05) is 5.57 Å². The normalized spacial score (nSPS) is 28.1.